The molecule has 3 aromatic heterocycles. The van der Waals surface area contributed by atoms with Crippen LogP contribution in [0.4, 0.5) is 0 Å². The largest absolute Gasteiger partial charge is 0.344 e. The van der Waals surface area contributed by atoms with Gasteiger partial charge in [-0.25, -0.2) is 9.50 Å². The Morgan fingerprint density at radius 2 is 1.85 bits per heavy atom. The van der Waals surface area contributed by atoms with Crippen molar-refractivity contribution >= 4 is 27.5 Å². The number of nitrogens with zero attached hydrogens (tertiary/aromatic N) is 4. The Labute approximate surface area is 158 Å². The lowest BCUT2D eigenvalue weighted by molar-refractivity contribution is 0.0933. The maximum absolute atomic E-state index is 12.6. The van der Waals surface area contributed by atoms with Crippen LogP contribution in [0, 0.1) is 0 Å². The fourth-order valence-electron chi connectivity index (χ4n) is 2.79. The molecule has 0 saturated carbocycles. The van der Waals surface area contributed by atoms with E-state index in [2.05, 4.69) is 31.3 Å². The maximum Gasteiger partial charge on any atom is 0.273 e. The van der Waals surface area contributed by atoms with Gasteiger partial charge in [-0.2, -0.15) is 5.10 Å². The Bertz CT molecular complexity index is 1050. The van der Waals surface area contributed by atoms with Crippen molar-refractivity contribution in [2.24, 2.45) is 0 Å². The van der Waals surface area contributed by atoms with Crippen molar-refractivity contribution < 1.29 is 4.79 Å². The number of rotatable bonds is 4. The highest BCUT2D eigenvalue weighted by atomic mass is 79.9. The van der Waals surface area contributed by atoms with Gasteiger partial charge in [0.25, 0.3) is 5.91 Å². The molecule has 0 spiro atoms. The predicted octanol–water partition coefficient (Wildman–Crippen LogP) is 3.77. The van der Waals surface area contributed by atoms with Gasteiger partial charge in [-0.1, -0.05) is 12.1 Å². The molecule has 0 aliphatic rings. The molecule has 1 aromatic carbocycles. The van der Waals surface area contributed by atoms with Gasteiger partial charge in [-0.15, -0.1) is 0 Å². The highest BCUT2D eigenvalue weighted by molar-refractivity contribution is 9.10. The fraction of sp³-hybridized carbons (Fsp3) is 0.105. The molecule has 1 amide bonds. The lowest BCUT2D eigenvalue weighted by Gasteiger charge is -2.14. The summed E-state index contributed by atoms with van der Waals surface area (Å²) in [7, 11) is 0. The van der Waals surface area contributed by atoms with E-state index in [-0.39, 0.29) is 11.9 Å². The van der Waals surface area contributed by atoms with Crippen LogP contribution in [0.1, 0.15) is 29.0 Å². The third-order valence-electron chi connectivity index (χ3n) is 4.20. The molecule has 1 atom stereocenters. The zero-order valence-corrected chi connectivity index (χ0v) is 15.6. The standard InChI is InChI=1S/C19H16BrN5O/c1-13(14-5-7-15(8-6-14)24-10-2-3-11-24)22-19(26)17-16(20)18-21-9-4-12-25(18)23-17/h2-13H,1H3,(H,22,26). The van der Waals surface area contributed by atoms with Gasteiger partial charge >= 0.3 is 0 Å². The van der Waals surface area contributed by atoms with Gasteiger partial charge in [0.15, 0.2) is 11.3 Å². The van der Waals surface area contributed by atoms with Crippen LogP contribution in [-0.2, 0) is 0 Å². The first-order valence-electron chi connectivity index (χ1n) is 8.16. The number of amides is 1. The molecule has 1 unspecified atom stereocenters. The number of nitrogens with one attached hydrogen (secondary N) is 1. The van der Waals surface area contributed by atoms with E-state index in [1.165, 1.54) is 0 Å². The van der Waals surface area contributed by atoms with E-state index in [9.17, 15) is 4.79 Å². The molecule has 0 saturated heterocycles. The van der Waals surface area contributed by atoms with E-state index in [0.29, 0.717) is 15.8 Å². The predicted molar refractivity (Wildman–Crippen MR) is 102 cm³/mol. The highest BCUT2D eigenvalue weighted by Crippen LogP contribution is 2.22. The van der Waals surface area contributed by atoms with Gasteiger partial charge in [0.2, 0.25) is 0 Å². The normalized spacial score (nSPS) is 12.2. The van der Waals surface area contributed by atoms with Gasteiger partial charge < -0.3 is 9.88 Å². The highest BCUT2D eigenvalue weighted by Gasteiger charge is 2.20. The van der Waals surface area contributed by atoms with Gasteiger partial charge in [-0.05, 0) is 58.7 Å². The Hall–Kier alpha value is -2.93. The van der Waals surface area contributed by atoms with Gasteiger partial charge in [-0.3, -0.25) is 4.79 Å². The molecule has 6 nitrogen and oxygen atoms in total. The van der Waals surface area contributed by atoms with Crippen LogP contribution in [0.15, 0.2) is 71.7 Å². The van der Waals surface area contributed by atoms with Crippen LogP contribution in [0.5, 0.6) is 0 Å². The van der Waals surface area contributed by atoms with E-state index in [0.717, 1.165) is 11.3 Å². The van der Waals surface area contributed by atoms with Gasteiger partial charge in [0, 0.05) is 30.5 Å². The maximum atomic E-state index is 12.6. The second kappa shape index (κ2) is 6.76. The summed E-state index contributed by atoms with van der Waals surface area (Å²) in [6.07, 6.45) is 7.41. The molecule has 0 radical (unpaired) electrons. The summed E-state index contributed by atoms with van der Waals surface area (Å²) in [5.41, 5.74) is 3.03. The van der Waals surface area contributed by atoms with E-state index < -0.39 is 0 Å². The van der Waals surface area contributed by atoms with E-state index in [1.807, 2.05) is 60.3 Å². The molecule has 130 valence electrons. The average molecular weight is 410 g/mol. The molecular formula is C19H16BrN5O. The minimum atomic E-state index is -0.246. The van der Waals surface area contributed by atoms with Crippen LogP contribution in [0.2, 0.25) is 0 Å². The summed E-state index contributed by atoms with van der Waals surface area (Å²) in [5.74, 6) is -0.246. The van der Waals surface area contributed by atoms with Crippen LogP contribution in [0.3, 0.4) is 0 Å². The minimum Gasteiger partial charge on any atom is -0.344 e. The number of halogens is 1. The van der Waals surface area contributed by atoms with Gasteiger partial charge in [0.05, 0.1) is 10.5 Å². The Morgan fingerprint density at radius 1 is 1.12 bits per heavy atom. The first kappa shape index (κ1) is 16.5. The molecule has 0 bridgehead atoms. The van der Waals surface area contributed by atoms with Gasteiger partial charge in [0.1, 0.15) is 0 Å². The zero-order valence-electron chi connectivity index (χ0n) is 14.0. The van der Waals surface area contributed by atoms with E-state index in [4.69, 9.17) is 0 Å². The van der Waals surface area contributed by atoms with E-state index in [1.54, 1.807) is 23.0 Å². The van der Waals surface area contributed by atoms with Crippen molar-refractivity contribution in [1.29, 1.82) is 0 Å². The monoisotopic (exact) mass is 409 g/mol. The van der Waals surface area contributed by atoms with Crippen molar-refractivity contribution in [3.8, 4) is 5.69 Å². The summed E-state index contributed by atoms with van der Waals surface area (Å²) in [6, 6.07) is 13.7. The molecule has 0 fully saturated rings. The molecule has 4 aromatic rings. The SMILES string of the molecule is CC(NC(=O)c1nn2cccnc2c1Br)c1ccc(-n2cccc2)cc1. The van der Waals surface area contributed by atoms with Crippen LogP contribution in [-0.4, -0.2) is 25.1 Å². The number of hydrogen-bond acceptors (Lipinski definition) is 3. The third kappa shape index (κ3) is 3.01. The van der Waals surface area contributed by atoms with Crippen molar-refractivity contribution in [3.63, 3.8) is 0 Å². The zero-order chi connectivity index (χ0) is 18.1. The van der Waals surface area contributed by atoms with Crippen molar-refractivity contribution in [2.75, 3.05) is 0 Å². The molecule has 4 rings (SSSR count). The lowest BCUT2D eigenvalue weighted by Crippen LogP contribution is -2.27. The van der Waals surface area contributed by atoms with Crippen LogP contribution in [0.25, 0.3) is 11.3 Å². The fourth-order valence-corrected chi connectivity index (χ4v) is 3.34. The van der Waals surface area contributed by atoms with Crippen molar-refractivity contribution in [3.05, 3.63) is 83.0 Å². The third-order valence-corrected chi connectivity index (χ3v) is 4.93. The van der Waals surface area contributed by atoms with Crippen LogP contribution < -0.4 is 5.32 Å². The summed E-state index contributed by atoms with van der Waals surface area (Å²) in [4.78, 5) is 16.9. The van der Waals surface area contributed by atoms with Crippen LogP contribution >= 0.6 is 15.9 Å². The molecule has 26 heavy (non-hydrogen) atoms. The smallest absolute Gasteiger partial charge is 0.273 e. The molecule has 0 aliphatic heterocycles. The topological polar surface area (TPSA) is 64.2 Å². The number of carbonyl (C=O) groups is 1. The second-order valence-electron chi connectivity index (χ2n) is 5.93. The molecular weight excluding hydrogens is 394 g/mol. The molecule has 3 heterocycles. The molecule has 0 aliphatic carbocycles. The Balaban J connectivity index is 1.52. The second-order valence-corrected chi connectivity index (χ2v) is 6.72. The quantitative estimate of drug-likeness (QED) is 0.557. The number of hydrogen-bond donors (Lipinski definition) is 1. The lowest BCUT2D eigenvalue weighted by atomic mass is 10.1. The molecule has 1 N–H and O–H groups in total. The summed E-state index contributed by atoms with van der Waals surface area (Å²) < 4.78 is 4.20. The number of fused-ring (bicyclic) bond motifs is 1. The number of benzene rings is 1. The number of carbonyl (C=O) groups excluding carboxylic acids is 1. The number of aromatic nitrogens is 4. The molecule has 7 heteroatoms. The minimum absolute atomic E-state index is 0.147. The van der Waals surface area contributed by atoms with E-state index >= 15 is 0 Å². The summed E-state index contributed by atoms with van der Waals surface area (Å²) >= 11 is 3.42. The Morgan fingerprint density at radius 3 is 2.54 bits per heavy atom. The Kier molecular flexibility index (Phi) is 4.30. The summed E-state index contributed by atoms with van der Waals surface area (Å²) in [5, 5.41) is 7.29. The van der Waals surface area contributed by atoms with Crippen molar-refractivity contribution in [2.45, 2.75) is 13.0 Å². The summed E-state index contributed by atoms with van der Waals surface area (Å²) in [6.45, 7) is 1.95. The van der Waals surface area contributed by atoms with Crippen molar-refractivity contribution in [1.82, 2.24) is 24.5 Å². The first-order valence-corrected chi connectivity index (χ1v) is 8.96. The average Bonchev–Trinajstić information content (AvgIpc) is 3.31. The first-order chi connectivity index (χ1) is 12.6.